The van der Waals surface area contributed by atoms with E-state index in [0.717, 1.165) is 49.2 Å². The zero-order chi connectivity index (χ0) is 22.8. The van der Waals surface area contributed by atoms with Gasteiger partial charge in [-0.25, -0.2) is 0 Å². The van der Waals surface area contributed by atoms with Crippen molar-refractivity contribution in [3.63, 3.8) is 0 Å². The van der Waals surface area contributed by atoms with E-state index in [2.05, 4.69) is 20.4 Å². The van der Waals surface area contributed by atoms with Crippen LogP contribution in [0.1, 0.15) is 52.9 Å². The van der Waals surface area contributed by atoms with Crippen LogP contribution in [-0.2, 0) is 4.79 Å². The Hall–Kier alpha value is -2.49. The van der Waals surface area contributed by atoms with Crippen LogP contribution in [0.25, 0.3) is 0 Å². The summed E-state index contributed by atoms with van der Waals surface area (Å²) in [7, 11) is 0. The molecule has 0 bridgehead atoms. The molecule has 0 aliphatic heterocycles. The van der Waals surface area contributed by atoms with E-state index in [1.54, 1.807) is 6.08 Å². The average molecular weight is 435 g/mol. The molecule has 0 aromatic heterocycles. The van der Waals surface area contributed by atoms with E-state index in [9.17, 15) is 15.0 Å². The van der Waals surface area contributed by atoms with E-state index >= 15 is 0 Å². The number of allylic oxidation sites excluding steroid dienone is 3. The van der Waals surface area contributed by atoms with Gasteiger partial charge in [0.05, 0.1) is 5.41 Å². The molecule has 7 atom stereocenters. The van der Waals surface area contributed by atoms with Gasteiger partial charge in [0.15, 0.2) is 0 Å². The maximum absolute atomic E-state index is 12.1. The van der Waals surface area contributed by atoms with E-state index in [4.69, 9.17) is 4.74 Å². The lowest BCUT2D eigenvalue weighted by atomic mass is 9.47. The fourth-order valence-corrected chi connectivity index (χ4v) is 8.12. The zero-order valence-corrected chi connectivity index (χ0v) is 19.3. The Bertz CT molecular complexity index is 1020. The number of aliphatic hydroxyl groups excluding tert-OH is 2. The highest BCUT2D eigenvalue weighted by molar-refractivity contribution is 6.04. The number of fused-ring (bicyclic) bond motifs is 5. The Morgan fingerprint density at radius 1 is 1.12 bits per heavy atom. The van der Waals surface area contributed by atoms with Crippen LogP contribution in [-0.4, -0.2) is 16.0 Å². The number of aliphatic hydroxyl groups is 2. The smallest absolute Gasteiger partial charge is 0.223 e. The van der Waals surface area contributed by atoms with Crippen molar-refractivity contribution in [2.24, 2.45) is 40.4 Å². The van der Waals surface area contributed by atoms with Gasteiger partial charge in [0.1, 0.15) is 17.3 Å². The predicted molar refractivity (Wildman–Crippen MR) is 124 cm³/mol. The molecule has 0 amide bonds. The molecule has 0 saturated heterocycles. The predicted octanol–water partition coefficient (Wildman–Crippen LogP) is 6.52. The molecule has 4 nitrogen and oxygen atoms in total. The molecule has 3 saturated carbocycles. The molecule has 2 N–H and O–H groups in total. The van der Waals surface area contributed by atoms with E-state index in [1.165, 1.54) is 0 Å². The van der Waals surface area contributed by atoms with Crippen LogP contribution >= 0.6 is 0 Å². The highest BCUT2D eigenvalue weighted by atomic mass is 16.5. The molecule has 4 heteroatoms. The molecule has 170 valence electrons. The van der Waals surface area contributed by atoms with Crippen molar-refractivity contribution in [3.8, 4) is 5.75 Å². The van der Waals surface area contributed by atoms with Crippen LogP contribution in [0.4, 0.5) is 0 Å². The molecule has 3 fully saturated rings. The monoisotopic (exact) mass is 434 g/mol. The Labute approximate surface area is 190 Å². The van der Waals surface area contributed by atoms with Gasteiger partial charge >= 0.3 is 0 Å². The SMILES string of the molecule is C=C(Oc1ccccc1)[C@H]1[C@H](C)C[C@H]2[C@@H]3CCC4=CC(=O)C(O)=C(O)[C@]4(C)[C@H]3CC[C@@]21C. The molecule has 0 unspecified atom stereocenters. The van der Waals surface area contributed by atoms with E-state index in [-0.39, 0.29) is 23.0 Å². The van der Waals surface area contributed by atoms with Crippen molar-refractivity contribution in [1.29, 1.82) is 0 Å². The first kappa shape index (κ1) is 21.4. The minimum absolute atomic E-state index is 0.0931. The van der Waals surface area contributed by atoms with E-state index in [1.807, 2.05) is 37.3 Å². The molecule has 0 heterocycles. The standard InChI is InChI=1S/C28H34O4/c1-16-14-22-20-11-10-18-15-23(29)25(30)26(31)28(18,4)21(20)12-13-27(22,3)24(16)17(2)32-19-8-6-5-7-9-19/h5-9,15-16,20-22,24,30-31H,2,10-14H2,1,3-4H3/t16-,20-,21+,22+,24-,27+,28+/m1/s1. The Balaban J connectivity index is 1.45. The normalized spacial score (nSPS) is 40.8. The van der Waals surface area contributed by atoms with Gasteiger partial charge in [0.2, 0.25) is 11.5 Å². The Morgan fingerprint density at radius 2 is 1.84 bits per heavy atom. The largest absolute Gasteiger partial charge is 0.507 e. The quantitative estimate of drug-likeness (QED) is 0.532. The second-order valence-electron chi connectivity index (χ2n) is 11.0. The van der Waals surface area contributed by atoms with Gasteiger partial charge in [0.25, 0.3) is 0 Å². The molecular formula is C28H34O4. The number of para-hydroxylation sites is 1. The second-order valence-corrected chi connectivity index (χ2v) is 11.0. The first-order chi connectivity index (χ1) is 15.2. The van der Waals surface area contributed by atoms with Gasteiger partial charge in [-0.05, 0) is 86.3 Å². The topological polar surface area (TPSA) is 66.8 Å². The number of benzene rings is 1. The number of carbonyl (C=O) groups excluding carboxylic acids is 1. The van der Waals surface area contributed by atoms with Gasteiger partial charge in [-0.3, -0.25) is 4.79 Å². The average Bonchev–Trinajstić information content (AvgIpc) is 3.04. The number of carbonyl (C=O) groups is 1. The number of rotatable bonds is 3. The molecule has 1 aromatic rings. The third-order valence-corrected chi connectivity index (χ3v) is 9.53. The molecule has 0 radical (unpaired) electrons. The summed E-state index contributed by atoms with van der Waals surface area (Å²) in [5.74, 6) is 2.58. The lowest BCUT2D eigenvalue weighted by Crippen LogP contribution is -2.51. The molecule has 0 spiro atoms. The van der Waals surface area contributed by atoms with Gasteiger partial charge < -0.3 is 14.9 Å². The second kappa shape index (κ2) is 7.26. The first-order valence-electron chi connectivity index (χ1n) is 12.0. The van der Waals surface area contributed by atoms with Gasteiger partial charge in [0, 0.05) is 5.92 Å². The van der Waals surface area contributed by atoms with Crippen molar-refractivity contribution in [1.82, 2.24) is 0 Å². The van der Waals surface area contributed by atoms with Crippen molar-refractivity contribution in [3.05, 3.63) is 65.8 Å². The highest BCUT2D eigenvalue weighted by Gasteiger charge is 2.62. The molecule has 4 aliphatic rings. The summed E-state index contributed by atoms with van der Waals surface area (Å²) in [6, 6.07) is 9.90. The molecule has 4 aliphatic carbocycles. The Kier molecular flexibility index (Phi) is 4.85. The first-order valence-corrected chi connectivity index (χ1v) is 12.0. The number of hydrogen-bond acceptors (Lipinski definition) is 4. The summed E-state index contributed by atoms with van der Waals surface area (Å²) in [4.78, 5) is 12.1. The summed E-state index contributed by atoms with van der Waals surface area (Å²) in [6.07, 6.45) is 6.50. The minimum atomic E-state index is -0.638. The third-order valence-electron chi connectivity index (χ3n) is 9.53. The molecular weight excluding hydrogens is 400 g/mol. The summed E-state index contributed by atoms with van der Waals surface area (Å²) in [6.45, 7) is 11.1. The van der Waals surface area contributed by atoms with E-state index in [0.29, 0.717) is 17.8 Å². The lowest BCUT2D eigenvalue weighted by molar-refractivity contribution is -0.115. The molecule has 32 heavy (non-hydrogen) atoms. The summed E-state index contributed by atoms with van der Waals surface area (Å²) >= 11 is 0. The van der Waals surface area contributed by atoms with Crippen LogP contribution in [0, 0.1) is 40.4 Å². The molecule has 5 rings (SSSR count). The van der Waals surface area contributed by atoms with Crippen molar-refractivity contribution in [2.75, 3.05) is 0 Å². The Morgan fingerprint density at radius 3 is 2.56 bits per heavy atom. The third kappa shape index (κ3) is 2.84. The maximum atomic E-state index is 12.1. The van der Waals surface area contributed by atoms with Crippen LogP contribution in [0.3, 0.4) is 0 Å². The zero-order valence-electron chi connectivity index (χ0n) is 19.3. The van der Waals surface area contributed by atoms with E-state index < -0.39 is 17.0 Å². The summed E-state index contributed by atoms with van der Waals surface area (Å²) in [5, 5.41) is 21.2. The van der Waals surface area contributed by atoms with Gasteiger partial charge in [-0.2, -0.15) is 0 Å². The summed E-state index contributed by atoms with van der Waals surface area (Å²) in [5.41, 5.74) is 0.443. The fraction of sp³-hybridized carbons (Fsp3) is 0.536. The highest BCUT2D eigenvalue weighted by Crippen LogP contribution is 2.68. The number of hydrogen-bond donors (Lipinski definition) is 2. The lowest BCUT2D eigenvalue weighted by Gasteiger charge is -2.57. The van der Waals surface area contributed by atoms with Crippen molar-refractivity contribution in [2.45, 2.75) is 52.9 Å². The maximum Gasteiger partial charge on any atom is 0.223 e. The summed E-state index contributed by atoms with van der Waals surface area (Å²) < 4.78 is 6.25. The number of ether oxygens (including phenoxy) is 1. The van der Waals surface area contributed by atoms with Gasteiger partial charge in [-0.15, -0.1) is 0 Å². The fourth-order valence-electron chi connectivity index (χ4n) is 8.12. The minimum Gasteiger partial charge on any atom is -0.507 e. The van der Waals surface area contributed by atoms with Crippen molar-refractivity contribution < 1.29 is 19.7 Å². The number of ketones is 1. The van der Waals surface area contributed by atoms with Crippen LogP contribution in [0.15, 0.2) is 65.8 Å². The van der Waals surface area contributed by atoms with Gasteiger partial charge in [-0.1, -0.05) is 44.2 Å². The van der Waals surface area contributed by atoms with Crippen molar-refractivity contribution >= 4 is 5.78 Å². The van der Waals surface area contributed by atoms with Crippen LogP contribution in [0.5, 0.6) is 5.75 Å². The van der Waals surface area contributed by atoms with Crippen LogP contribution in [0.2, 0.25) is 0 Å². The molecule has 1 aromatic carbocycles. The van der Waals surface area contributed by atoms with Crippen LogP contribution < -0.4 is 4.74 Å².